The average molecular weight is 662 g/mol. The Balaban J connectivity index is 1.81. The maximum Gasteiger partial charge on any atom is 0.337 e. The van der Waals surface area contributed by atoms with Crippen molar-refractivity contribution in [2.75, 3.05) is 18.9 Å². The Kier molecular flexibility index (Phi) is 9.97. The molecule has 5 rings (SSSR count). The molecule has 0 saturated carbocycles. The number of likely N-dealkylation sites (N-methyl/N-ethyl adjacent to an activating group) is 1. The van der Waals surface area contributed by atoms with E-state index >= 15 is 0 Å². The number of carbonyl (C=O) groups excluding carboxylic acids is 1. The lowest BCUT2D eigenvalue weighted by Crippen LogP contribution is -2.40. The van der Waals surface area contributed by atoms with Gasteiger partial charge in [-0.2, -0.15) is 0 Å². The summed E-state index contributed by atoms with van der Waals surface area (Å²) in [6.07, 6.45) is 0.287. The fraction of sp³-hybridized carbons (Fsp3) is 0.235. The van der Waals surface area contributed by atoms with Crippen LogP contribution in [0, 0.1) is 11.6 Å². The van der Waals surface area contributed by atoms with Gasteiger partial charge in [-0.25, -0.2) is 22.9 Å². The molecule has 0 radical (unpaired) electrons. The molecule has 0 spiro atoms. The van der Waals surface area contributed by atoms with Crippen LogP contribution in [-0.2, 0) is 17.9 Å². The van der Waals surface area contributed by atoms with Gasteiger partial charge in [0.1, 0.15) is 22.5 Å². The first-order valence-electron chi connectivity index (χ1n) is 14.9. The standard InChI is InChI=1S/C34H33F2N5O5S/c1-4-27(32(43)44)39(3)18-24-28-30(42)41(22-10-7-6-8-11-22)34(46)40(19-23-25(35)12-9-13-26(23)36)31(28)47-29(24)20-14-16-21(17-15-20)38-33(45)37-5-2/h6-17,27H,4-5,18-19H2,1-3H3,(H,43,44)(H2,37,38,45). The van der Waals surface area contributed by atoms with Gasteiger partial charge in [-0.3, -0.25) is 19.1 Å². The Morgan fingerprint density at radius 3 is 2.19 bits per heavy atom. The first kappa shape index (κ1) is 33.2. The molecule has 5 aromatic rings. The van der Waals surface area contributed by atoms with Gasteiger partial charge in [-0.05, 0) is 67.9 Å². The number of nitrogens with one attached hydrogen (secondary N) is 2. The fourth-order valence-corrected chi connectivity index (χ4v) is 6.82. The number of halogens is 2. The summed E-state index contributed by atoms with van der Waals surface area (Å²) in [5, 5.41) is 15.4. The summed E-state index contributed by atoms with van der Waals surface area (Å²) in [5.41, 5.74) is 0.0650. The van der Waals surface area contributed by atoms with Crippen LogP contribution < -0.4 is 21.9 Å². The predicted molar refractivity (Wildman–Crippen MR) is 178 cm³/mol. The van der Waals surface area contributed by atoms with Crippen LogP contribution in [0.15, 0.2) is 82.4 Å². The predicted octanol–water partition coefficient (Wildman–Crippen LogP) is 5.64. The molecule has 2 aromatic heterocycles. The maximum absolute atomic E-state index is 15.0. The zero-order valence-electron chi connectivity index (χ0n) is 25.9. The maximum atomic E-state index is 15.0. The summed E-state index contributed by atoms with van der Waals surface area (Å²) >= 11 is 1.10. The Labute approximate surface area is 272 Å². The Bertz CT molecular complexity index is 2040. The number of rotatable bonds is 11. The minimum atomic E-state index is -1.04. The lowest BCUT2D eigenvalue weighted by molar-refractivity contribution is -0.143. The average Bonchev–Trinajstić information content (AvgIpc) is 3.40. The number of anilines is 1. The summed E-state index contributed by atoms with van der Waals surface area (Å²) in [4.78, 5) is 55.0. The first-order valence-corrected chi connectivity index (χ1v) is 15.7. The number of carboxylic acids is 1. The molecule has 10 nitrogen and oxygen atoms in total. The van der Waals surface area contributed by atoms with Gasteiger partial charge in [0.25, 0.3) is 5.56 Å². The number of benzene rings is 3. The zero-order valence-corrected chi connectivity index (χ0v) is 26.7. The molecule has 0 aliphatic rings. The Hall–Kier alpha value is -5.14. The van der Waals surface area contributed by atoms with Crippen molar-refractivity contribution in [2.24, 2.45) is 0 Å². The third-order valence-electron chi connectivity index (χ3n) is 7.82. The molecule has 244 valence electrons. The number of carbonyl (C=O) groups is 2. The van der Waals surface area contributed by atoms with Crippen LogP contribution in [0.25, 0.3) is 26.3 Å². The van der Waals surface area contributed by atoms with Crippen LogP contribution in [0.4, 0.5) is 19.3 Å². The van der Waals surface area contributed by atoms with Crippen molar-refractivity contribution in [3.8, 4) is 16.1 Å². The zero-order chi connectivity index (χ0) is 33.8. The van der Waals surface area contributed by atoms with Gasteiger partial charge in [-0.1, -0.05) is 43.3 Å². The van der Waals surface area contributed by atoms with E-state index in [0.29, 0.717) is 28.2 Å². The molecule has 0 fully saturated rings. The van der Waals surface area contributed by atoms with E-state index in [2.05, 4.69) is 10.6 Å². The number of hydrogen-bond donors (Lipinski definition) is 3. The number of aromatic nitrogens is 2. The Morgan fingerprint density at radius 2 is 1.60 bits per heavy atom. The number of para-hydroxylation sites is 1. The van der Waals surface area contributed by atoms with Crippen LogP contribution in [0.1, 0.15) is 31.4 Å². The van der Waals surface area contributed by atoms with E-state index in [4.69, 9.17) is 0 Å². The highest BCUT2D eigenvalue weighted by Gasteiger charge is 2.28. The van der Waals surface area contributed by atoms with E-state index in [9.17, 15) is 33.1 Å². The number of carboxylic acid groups (broad SMARTS) is 1. The topological polar surface area (TPSA) is 126 Å². The third kappa shape index (κ3) is 6.71. The van der Waals surface area contributed by atoms with E-state index in [1.165, 1.54) is 10.6 Å². The summed E-state index contributed by atoms with van der Waals surface area (Å²) in [5.74, 6) is -2.73. The summed E-state index contributed by atoms with van der Waals surface area (Å²) < 4.78 is 32.1. The van der Waals surface area contributed by atoms with Gasteiger partial charge in [0.15, 0.2) is 0 Å². The second-order valence-electron chi connectivity index (χ2n) is 10.9. The van der Waals surface area contributed by atoms with Crippen LogP contribution in [0.2, 0.25) is 0 Å². The van der Waals surface area contributed by atoms with Crippen LogP contribution in [-0.4, -0.2) is 50.8 Å². The lowest BCUT2D eigenvalue weighted by Gasteiger charge is -2.24. The Morgan fingerprint density at radius 1 is 0.936 bits per heavy atom. The number of amides is 2. The number of nitrogens with zero attached hydrogens (tertiary/aromatic N) is 3. The van der Waals surface area contributed by atoms with E-state index < -0.39 is 41.4 Å². The molecule has 0 aliphatic carbocycles. The summed E-state index contributed by atoms with van der Waals surface area (Å²) in [6.45, 7) is 3.48. The van der Waals surface area contributed by atoms with Crippen molar-refractivity contribution in [3.05, 3.63) is 116 Å². The molecule has 47 heavy (non-hydrogen) atoms. The number of urea groups is 1. The third-order valence-corrected chi connectivity index (χ3v) is 9.12. The molecular formula is C34H33F2N5O5S. The number of thiophene rings is 1. The van der Waals surface area contributed by atoms with Crippen molar-refractivity contribution in [3.63, 3.8) is 0 Å². The van der Waals surface area contributed by atoms with Crippen molar-refractivity contribution in [1.29, 1.82) is 0 Å². The second-order valence-corrected chi connectivity index (χ2v) is 11.9. The molecule has 2 heterocycles. The molecule has 0 aliphatic heterocycles. The molecule has 0 bridgehead atoms. The molecule has 2 amide bonds. The van der Waals surface area contributed by atoms with Gasteiger partial charge >= 0.3 is 17.7 Å². The SMILES string of the molecule is CCNC(=O)Nc1ccc(-c2sc3c(c2CN(C)C(CC)C(=O)O)c(=O)n(-c2ccccc2)c(=O)n3Cc2c(F)cccc2F)cc1. The van der Waals surface area contributed by atoms with Crippen molar-refractivity contribution in [1.82, 2.24) is 19.4 Å². The van der Waals surface area contributed by atoms with Crippen molar-refractivity contribution in [2.45, 2.75) is 39.4 Å². The highest BCUT2D eigenvalue weighted by atomic mass is 32.1. The summed E-state index contributed by atoms with van der Waals surface area (Å²) in [6, 6.07) is 17.2. The minimum absolute atomic E-state index is 0.00927. The quantitative estimate of drug-likeness (QED) is 0.168. The monoisotopic (exact) mass is 661 g/mol. The van der Waals surface area contributed by atoms with Crippen molar-refractivity contribution >= 4 is 39.2 Å². The van der Waals surface area contributed by atoms with Crippen LogP contribution >= 0.6 is 11.3 Å². The molecule has 3 aromatic carbocycles. The van der Waals surface area contributed by atoms with Crippen molar-refractivity contribution < 1.29 is 23.5 Å². The van der Waals surface area contributed by atoms with E-state index in [1.54, 1.807) is 80.4 Å². The number of hydrogen-bond acceptors (Lipinski definition) is 6. The van der Waals surface area contributed by atoms with E-state index in [1.807, 2.05) is 0 Å². The van der Waals surface area contributed by atoms with Gasteiger partial charge in [0.2, 0.25) is 0 Å². The smallest absolute Gasteiger partial charge is 0.337 e. The van der Waals surface area contributed by atoms with E-state index in [0.717, 1.165) is 28.0 Å². The fourth-order valence-electron chi connectivity index (χ4n) is 5.51. The largest absolute Gasteiger partial charge is 0.480 e. The first-order chi connectivity index (χ1) is 22.5. The van der Waals surface area contributed by atoms with E-state index in [-0.39, 0.29) is 40.5 Å². The molecule has 1 unspecified atom stereocenters. The van der Waals surface area contributed by atoms with Gasteiger partial charge in [0, 0.05) is 29.2 Å². The molecular weight excluding hydrogens is 628 g/mol. The molecule has 13 heteroatoms. The molecule has 3 N–H and O–H groups in total. The second kappa shape index (κ2) is 14.1. The number of aliphatic carboxylic acids is 1. The highest BCUT2D eigenvalue weighted by molar-refractivity contribution is 7.22. The highest BCUT2D eigenvalue weighted by Crippen LogP contribution is 2.39. The lowest BCUT2D eigenvalue weighted by atomic mass is 10.0. The molecule has 0 saturated heterocycles. The molecule has 1 atom stereocenters. The van der Waals surface area contributed by atoms with Crippen LogP contribution in [0.3, 0.4) is 0 Å². The van der Waals surface area contributed by atoms with Gasteiger partial charge in [-0.15, -0.1) is 11.3 Å². The minimum Gasteiger partial charge on any atom is -0.480 e. The number of fused-ring (bicyclic) bond motifs is 1. The van der Waals surface area contributed by atoms with Gasteiger partial charge in [0.05, 0.1) is 17.6 Å². The van der Waals surface area contributed by atoms with Crippen LogP contribution in [0.5, 0.6) is 0 Å². The summed E-state index contributed by atoms with van der Waals surface area (Å²) in [7, 11) is 1.63. The normalized spacial score (nSPS) is 12.0. The van der Waals surface area contributed by atoms with Gasteiger partial charge < -0.3 is 15.7 Å².